The molecule has 0 bridgehead atoms. The van der Waals surface area contributed by atoms with E-state index >= 15 is 0 Å². The molecule has 0 rings (SSSR count). The molecule has 0 spiro atoms. The van der Waals surface area contributed by atoms with Crippen molar-refractivity contribution in [3.8, 4) is 0 Å². The SMILES string of the molecule is CCC=CCCC(CCC=CCC)CC(OC(=O)CCCCN(C)C)C(C)CCC=CCCCCC. The molecule has 0 saturated heterocycles. The number of hydrogen-bond donors (Lipinski definition) is 0. The van der Waals surface area contributed by atoms with Crippen LogP contribution in [0.3, 0.4) is 0 Å². The molecule has 0 aromatic heterocycles. The van der Waals surface area contributed by atoms with E-state index in [4.69, 9.17) is 4.74 Å². The molecule has 0 aromatic rings. The van der Waals surface area contributed by atoms with Gasteiger partial charge in [-0.2, -0.15) is 0 Å². The zero-order valence-corrected chi connectivity index (χ0v) is 25.0. The summed E-state index contributed by atoms with van der Waals surface area (Å²) in [5.74, 6) is 0.971. The van der Waals surface area contributed by atoms with Gasteiger partial charge >= 0.3 is 5.97 Å². The van der Waals surface area contributed by atoms with E-state index in [2.05, 4.69) is 83.1 Å². The molecule has 0 radical (unpaired) electrons. The van der Waals surface area contributed by atoms with Crippen LogP contribution in [-0.2, 0) is 9.53 Å². The molecule has 36 heavy (non-hydrogen) atoms. The first-order valence-electron chi connectivity index (χ1n) is 15.2. The number of unbranched alkanes of at least 4 members (excludes halogenated alkanes) is 4. The van der Waals surface area contributed by atoms with Gasteiger partial charge in [0.05, 0.1) is 0 Å². The molecule has 0 heterocycles. The van der Waals surface area contributed by atoms with Crippen LogP contribution in [0.4, 0.5) is 0 Å². The van der Waals surface area contributed by atoms with Crippen LogP contribution in [0.15, 0.2) is 36.5 Å². The summed E-state index contributed by atoms with van der Waals surface area (Å²) in [6, 6.07) is 0. The molecule has 0 aliphatic rings. The Balaban J connectivity index is 5.08. The largest absolute Gasteiger partial charge is 0.462 e. The Kier molecular flexibility index (Phi) is 24.4. The maximum atomic E-state index is 12.8. The van der Waals surface area contributed by atoms with Gasteiger partial charge in [-0.15, -0.1) is 0 Å². The monoisotopic (exact) mass is 503 g/mol. The van der Waals surface area contributed by atoms with Crippen molar-refractivity contribution in [2.45, 2.75) is 137 Å². The normalized spacial score (nSPS) is 14.9. The quantitative estimate of drug-likeness (QED) is 0.0745. The molecule has 3 heteroatoms. The van der Waals surface area contributed by atoms with Gasteiger partial charge < -0.3 is 9.64 Å². The van der Waals surface area contributed by atoms with E-state index in [9.17, 15) is 4.79 Å². The summed E-state index contributed by atoms with van der Waals surface area (Å²) in [4.78, 5) is 15.0. The minimum absolute atomic E-state index is 0.00350. The lowest BCUT2D eigenvalue weighted by Crippen LogP contribution is -2.28. The number of carbonyl (C=O) groups excluding carboxylic acids is 1. The second kappa shape index (κ2) is 25.3. The number of esters is 1. The van der Waals surface area contributed by atoms with Crippen LogP contribution in [0.2, 0.25) is 0 Å². The standard InChI is InChI=1S/C33H61NO2/c1-7-10-13-16-17-18-19-24-30(4)32(36-33(35)27-22-23-28-34(5)6)29-31(25-20-14-11-8-2)26-21-15-12-9-3/h11-12,14-15,17-18,30-32H,7-10,13,16,19-29H2,1-6H3. The van der Waals surface area contributed by atoms with Crippen molar-refractivity contribution < 1.29 is 9.53 Å². The Bertz CT molecular complexity index is 560. The summed E-state index contributed by atoms with van der Waals surface area (Å²) >= 11 is 0. The van der Waals surface area contributed by atoms with Gasteiger partial charge in [0.1, 0.15) is 6.10 Å². The summed E-state index contributed by atoms with van der Waals surface area (Å²) in [6.07, 6.45) is 31.4. The predicted octanol–water partition coefficient (Wildman–Crippen LogP) is 9.68. The third-order valence-corrected chi connectivity index (χ3v) is 6.94. The zero-order valence-electron chi connectivity index (χ0n) is 25.0. The van der Waals surface area contributed by atoms with Gasteiger partial charge in [-0.05, 0) is 116 Å². The summed E-state index contributed by atoms with van der Waals surface area (Å²) < 4.78 is 6.20. The minimum atomic E-state index is -0.00350. The highest BCUT2D eigenvalue weighted by Gasteiger charge is 2.25. The van der Waals surface area contributed by atoms with E-state index in [1.165, 1.54) is 38.5 Å². The molecule has 0 aliphatic carbocycles. The second-order valence-corrected chi connectivity index (χ2v) is 10.8. The van der Waals surface area contributed by atoms with Crippen LogP contribution in [-0.4, -0.2) is 37.6 Å². The van der Waals surface area contributed by atoms with Gasteiger partial charge in [0, 0.05) is 6.42 Å². The second-order valence-electron chi connectivity index (χ2n) is 10.8. The van der Waals surface area contributed by atoms with Crippen LogP contribution < -0.4 is 0 Å². The van der Waals surface area contributed by atoms with Gasteiger partial charge in [0.2, 0.25) is 0 Å². The van der Waals surface area contributed by atoms with E-state index in [-0.39, 0.29) is 12.1 Å². The van der Waals surface area contributed by atoms with Crippen molar-refractivity contribution in [3.63, 3.8) is 0 Å². The number of nitrogens with zero attached hydrogens (tertiary/aromatic N) is 1. The first kappa shape index (κ1) is 34.6. The van der Waals surface area contributed by atoms with Crippen molar-refractivity contribution in [1.82, 2.24) is 4.90 Å². The Morgan fingerprint density at radius 1 is 0.750 bits per heavy atom. The van der Waals surface area contributed by atoms with E-state index in [0.29, 0.717) is 18.3 Å². The smallest absolute Gasteiger partial charge is 0.306 e. The highest BCUT2D eigenvalue weighted by molar-refractivity contribution is 5.69. The third kappa shape index (κ3) is 21.9. The third-order valence-electron chi connectivity index (χ3n) is 6.94. The van der Waals surface area contributed by atoms with Gasteiger partial charge in [0.25, 0.3) is 0 Å². The zero-order chi connectivity index (χ0) is 26.9. The minimum Gasteiger partial charge on any atom is -0.462 e. The predicted molar refractivity (Wildman–Crippen MR) is 159 cm³/mol. The average molecular weight is 504 g/mol. The number of allylic oxidation sites excluding steroid dienone is 6. The molecule has 2 atom stereocenters. The van der Waals surface area contributed by atoms with E-state index in [0.717, 1.165) is 64.3 Å². The van der Waals surface area contributed by atoms with E-state index < -0.39 is 0 Å². The fourth-order valence-corrected chi connectivity index (χ4v) is 4.56. The highest BCUT2D eigenvalue weighted by Crippen LogP contribution is 2.28. The maximum absolute atomic E-state index is 12.8. The van der Waals surface area contributed by atoms with Crippen molar-refractivity contribution in [3.05, 3.63) is 36.5 Å². The van der Waals surface area contributed by atoms with E-state index in [1.54, 1.807) is 0 Å². The molecule has 0 aliphatic heterocycles. The summed E-state index contributed by atoms with van der Waals surface area (Å²) in [5, 5.41) is 0. The van der Waals surface area contributed by atoms with Gasteiger partial charge in [0.15, 0.2) is 0 Å². The maximum Gasteiger partial charge on any atom is 0.306 e. The van der Waals surface area contributed by atoms with E-state index in [1.807, 2.05) is 0 Å². The van der Waals surface area contributed by atoms with Gasteiger partial charge in [-0.25, -0.2) is 0 Å². The molecule has 0 amide bonds. The summed E-state index contributed by atoms with van der Waals surface area (Å²) in [5.41, 5.74) is 0. The van der Waals surface area contributed by atoms with Gasteiger partial charge in [-0.3, -0.25) is 4.79 Å². The molecule has 210 valence electrons. The molecular weight excluding hydrogens is 442 g/mol. The molecule has 0 aromatic carbocycles. The molecule has 0 fully saturated rings. The number of ether oxygens (including phenoxy) is 1. The molecule has 3 nitrogen and oxygen atoms in total. The van der Waals surface area contributed by atoms with Crippen LogP contribution in [0.5, 0.6) is 0 Å². The Hall–Kier alpha value is -1.35. The molecule has 0 saturated carbocycles. The fourth-order valence-electron chi connectivity index (χ4n) is 4.56. The van der Waals surface area contributed by atoms with Crippen molar-refractivity contribution in [1.29, 1.82) is 0 Å². The summed E-state index contributed by atoms with van der Waals surface area (Å²) in [6.45, 7) is 9.95. The highest BCUT2D eigenvalue weighted by atomic mass is 16.5. The van der Waals surface area contributed by atoms with Crippen molar-refractivity contribution >= 4 is 5.97 Å². The topological polar surface area (TPSA) is 29.5 Å². The van der Waals surface area contributed by atoms with Crippen molar-refractivity contribution in [2.75, 3.05) is 20.6 Å². The Morgan fingerprint density at radius 3 is 1.92 bits per heavy atom. The first-order chi connectivity index (χ1) is 17.4. The van der Waals surface area contributed by atoms with Crippen LogP contribution in [0, 0.1) is 11.8 Å². The lowest BCUT2D eigenvalue weighted by molar-refractivity contribution is -0.153. The average Bonchev–Trinajstić information content (AvgIpc) is 2.85. The Morgan fingerprint density at radius 2 is 1.33 bits per heavy atom. The van der Waals surface area contributed by atoms with Gasteiger partial charge in [-0.1, -0.05) is 77.0 Å². The number of hydrogen-bond acceptors (Lipinski definition) is 3. The summed E-state index contributed by atoms with van der Waals surface area (Å²) in [7, 11) is 4.17. The number of carbonyl (C=O) groups is 1. The lowest BCUT2D eigenvalue weighted by Gasteiger charge is -2.28. The fraction of sp³-hybridized carbons (Fsp3) is 0.788. The van der Waals surface area contributed by atoms with Crippen molar-refractivity contribution in [2.24, 2.45) is 11.8 Å². The lowest BCUT2D eigenvalue weighted by atomic mass is 9.86. The van der Waals surface area contributed by atoms with Crippen LogP contribution in [0.1, 0.15) is 130 Å². The molecule has 2 unspecified atom stereocenters. The number of rotatable bonds is 24. The molecular formula is C33H61NO2. The first-order valence-corrected chi connectivity index (χ1v) is 15.2. The Labute approximate surface area is 225 Å². The van der Waals surface area contributed by atoms with Crippen LogP contribution >= 0.6 is 0 Å². The molecule has 0 N–H and O–H groups in total. The van der Waals surface area contributed by atoms with Crippen LogP contribution in [0.25, 0.3) is 0 Å².